The van der Waals surface area contributed by atoms with Crippen LogP contribution in [0.3, 0.4) is 0 Å². The Morgan fingerprint density at radius 3 is 2.57 bits per heavy atom. The fourth-order valence-electron chi connectivity index (χ4n) is 1.94. The smallest absolute Gasteiger partial charge is 0.377 e. The Labute approximate surface area is 132 Å². The van der Waals surface area contributed by atoms with Gasteiger partial charge in [0.15, 0.2) is 6.10 Å². The van der Waals surface area contributed by atoms with E-state index in [4.69, 9.17) is 13.7 Å². The molecule has 0 aliphatic carbocycles. The molecule has 0 bridgehead atoms. The van der Waals surface area contributed by atoms with Crippen LogP contribution in [0.2, 0.25) is 0 Å². The Bertz CT molecular complexity index is 820. The normalized spacial score (nSPS) is 12.1. The standard InChI is InChI=1S/C16H15N3O4/c1-9-4-6-12(7-5-9)15-18-17-14(22-15)11(3)21-16(20)13-8-10(2)19-23-13/h4-8,11H,1-3H3/t11-/m0/s1. The average Bonchev–Trinajstić information content (AvgIpc) is 3.17. The summed E-state index contributed by atoms with van der Waals surface area (Å²) in [5.74, 6) is -0.00983. The molecule has 0 saturated heterocycles. The van der Waals surface area contributed by atoms with E-state index < -0.39 is 12.1 Å². The lowest BCUT2D eigenvalue weighted by molar-refractivity contribution is 0.0235. The number of esters is 1. The van der Waals surface area contributed by atoms with E-state index in [1.807, 2.05) is 31.2 Å². The van der Waals surface area contributed by atoms with Gasteiger partial charge in [0.2, 0.25) is 11.7 Å². The predicted molar refractivity (Wildman–Crippen MR) is 79.5 cm³/mol. The van der Waals surface area contributed by atoms with Crippen LogP contribution in [-0.4, -0.2) is 21.3 Å². The summed E-state index contributed by atoms with van der Waals surface area (Å²) in [6.45, 7) is 5.36. The summed E-state index contributed by atoms with van der Waals surface area (Å²) in [5, 5.41) is 11.5. The molecule has 0 radical (unpaired) electrons. The van der Waals surface area contributed by atoms with Gasteiger partial charge in [-0.1, -0.05) is 22.9 Å². The van der Waals surface area contributed by atoms with Gasteiger partial charge in [-0.05, 0) is 32.9 Å². The van der Waals surface area contributed by atoms with Crippen molar-refractivity contribution in [2.24, 2.45) is 0 Å². The van der Waals surface area contributed by atoms with Crippen molar-refractivity contribution in [1.82, 2.24) is 15.4 Å². The molecule has 0 spiro atoms. The number of carbonyl (C=O) groups is 1. The molecule has 23 heavy (non-hydrogen) atoms. The fourth-order valence-corrected chi connectivity index (χ4v) is 1.94. The van der Waals surface area contributed by atoms with Gasteiger partial charge in [0.1, 0.15) is 0 Å². The molecule has 0 N–H and O–H groups in total. The Balaban J connectivity index is 1.72. The van der Waals surface area contributed by atoms with Gasteiger partial charge in [0.05, 0.1) is 5.69 Å². The zero-order chi connectivity index (χ0) is 16.4. The molecule has 1 atom stereocenters. The number of rotatable bonds is 4. The minimum atomic E-state index is -0.695. The number of hydrogen-bond donors (Lipinski definition) is 0. The Kier molecular flexibility index (Phi) is 3.92. The van der Waals surface area contributed by atoms with Gasteiger partial charge in [-0.25, -0.2) is 4.79 Å². The van der Waals surface area contributed by atoms with E-state index in [9.17, 15) is 4.79 Å². The lowest BCUT2D eigenvalue weighted by Gasteiger charge is -2.06. The van der Waals surface area contributed by atoms with Crippen molar-refractivity contribution in [3.05, 3.63) is 53.2 Å². The van der Waals surface area contributed by atoms with Crippen LogP contribution in [-0.2, 0) is 4.74 Å². The molecule has 1 aromatic carbocycles. The lowest BCUT2D eigenvalue weighted by Crippen LogP contribution is -2.08. The summed E-state index contributed by atoms with van der Waals surface area (Å²) in [6, 6.07) is 9.19. The molecule has 118 valence electrons. The molecule has 0 unspecified atom stereocenters. The second kappa shape index (κ2) is 6.04. The molecule has 2 heterocycles. The summed E-state index contributed by atoms with van der Waals surface area (Å²) < 4.78 is 15.7. The fraction of sp³-hybridized carbons (Fsp3) is 0.250. The van der Waals surface area contributed by atoms with Crippen LogP contribution in [0.25, 0.3) is 11.5 Å². The van der Waals surface area contributed by atoms with Crippen LogP contribution < -0.4 is 0 Å². The highest BCUT2D eigenvalue weighted by Crippen LogP contribution is 2.23. The molecule has 7 heteroatoms. The maximum absolute atomic E-state index is 11.9. The van der Waals surface area contributed by atoms with Crippen molar-refractivity contribution in [3.63, 3.8) is 0 Å². The second-order valence-electron chi connectivity index (χ2n) is 5.19. The zero-order valence-electron chi connectivity index (χ0n) is 12.9. The van der Waals surface area contributed by atoms with E-state index in [1.54, 1.807) is 13.8 Å². The predicted octanol–water partition coefficient (Wildman–Crippen LogP) is 3.26. The number of nitrogens with zero attached hydrogens (tertiary/aromatic N) is 3. The first-order valence-electron chi connectivity index (χ1n) is 7.07. The Morgan fingerprint density at radius 1 is 1.17 bits per heavy atom. The highest BCUT2D eigenvalue weighted by Gasteiger charge is 2.22. The first kappa shape index (κ1) is 15.0. The van der Waals surface area contributed by atoms with Crippen molar-refractivity contribution in [1.29, 1.82) is 0 Å². The second-order valence-corrected chi connectivity index (χ2v) is 5.19. The van der Waals surface area contributed by atoms with E-state index >= 15 is 0 Å². The van der Waals surface area contributed by atoms with Gasteiger partial charge in [-0.2, -0.15) is 0 Å². The first-order valence-corrected chi connectivity index (χ1v) is 7.07. The average molecular weight is 313 g/mol. The van der Waals surface area contributed by atoms with Crippen molar-refractivity contribution in [2.75, 3.05) is 0 Å². The monoisotopic (exact) mass is 313 g/mol. The van der Waals surface area contributed by atoms with Crippen LogP contribution in [0.15, 0.2) is 39.3 Å². The minimum absolute atomic E-state index is 0.0348. The Hall–Kier alpha value is -2.96. The summed E-state index contributed by atoms with van der Waals surface area (Å²) in [7, 11) is 0. The number of ether oxygens (including phenoxy) is 1. The van der Waals surface area contributed by atoms with Crippen molar-refractivity contribution < 1.29 is 18.5 Å². The third-order valence-electron chi connectivity index (χ3n) is 3.20. The van der Waals surface area contributed by atoms with Crippen molar-refractivity contribution in [3.8, 4) is 11.5 Å². The van der Waals surface area contributed by atoms with Gasteiger partial charge in [0.25, 0.3) is 5.89 Å². The van der Waals surface area contributed by atoms with Gasteiger partial charge < -0.3 is 13.7 Å². The maximum atomic E-state index is 11.9. The largest absolute Gasteiger partial charge is 0.447 e. The van der Waals surface area contributed by atoms with Crippen LogP contribution in [0.4, 0.5) is 0 Å². The van der Waals surface area contributed by atoms with Crippen LogP contribution >= 0.6 is 0 Å². The topological polar surface area (TPSA) is 91.2 Å². The summed E-state index contributed by atoms with van der Waals surface area (Å²) in [5.41, 5.74) is 2.54. The third kappa shape index (κ3) is 3.28. The lowest BCUT2D eigenvalue weighted by atomic mass is 10.1. The number of benzene rings is 1. The van der Waals surface area contributed by atoms with E-state index in [1.165, 1.54) is 6.07 Å². The number of carbonyl (C=O) groups excluding carboxylic acids is 1. The van der Waals surface area contributed by atoms with E-state index in [-0.39, 0.29) is 11.7 Å². The molecule has 0 aliphatic heterocycles. The highest BCUT2D eigenvalue weighted by atomic mass is 16.6. The Morgan fingerprint density at radius 2 is 1.91 bits per heavy atom. The SMILES string of the molecule is Cc1ccc(-c2nnc([C@H](C)OC(=O)c3cc(C)no3)o2)cc1. The molecule has 3 rings (SSSR count). The molecule has 3 aromatic rings. The number of hydrogen-bond acceptors (Lipinski definition) is 7. The number of aryl methyl sites for hydroxylation is 2. The number of aromatic nitrogens is 3. The summed E-state index contributed by atoms with van der Waals surface area (Å²) >= 11 is 0. The van der Waals surface area contributed by atoms with E-state index in [0.717, 1.165) is 11.1 Å². The van der Waals surface area contributed by atoms with Gasteiger partial charge >= 0.3 is 5.97 Å². The molecule has 2 aromatic heterocycles. The third-order valence-corrected chi connectivity index (χ3v) is 3.20. The van der Waals surface area contributed by atoms with E-state index in [2.05, 4.69) is 15.4 Å². The van der Waals surface area contributed by atoms with Crippen LogP contribution in [0.5, 0.6) is 0 Å². The summed E-state index contributed by atoms with van der Waals surface area (Å²) in [6.07, 6.45) is -0.695. The molecular formula is C16H15N3O4. The van der Waals surface area contributed by atoms with Gasteiger partial charge in [-0.3, -0.25) is 0 Å². The van der Waals surface area contributed by atoms with Crippen molar-refractivity contribution >= 4 is 5.97 Å². The molecule has 0 saturated carbocycles. The van der Waals surface area contributed by atoms with Gasteiger partial charge in [0, 0.05) is 11.6 Å². The van der Waals surface area contributed by atoms with Gasteiger partial charge in [-0.15, -0.1) is 10.2 Å². The molecular weight excluding hydrogens is 298 g/mol. The maximum Gasteiger partial charge on any atom is 0.377 e. The van der Waals surface area contributed by atoms with Crippen LogP contribution in [0, 0.1) is 13.8 Å². The molecule has 0 aliphatic rings. The minimum Gasteiger partial charge on any atom is -0.447 e. The quantitative estimate of drug-likeness (QED) is 0.683. The van der Waals surface area contributed by atoms with Crippen LogP contribution in [0.1, 0.15) is 40.7 Å². The highest BCUT2D eigenvalue weighted by molar-refractivity contribution is 5.86. The summed E-state index contributed by atoms with van der Waals surface area (Å²) in [4.78, 5) is 11.9. The molecule has 0 fully saturated rings. The van der Waals surface area contributed by atoms with Crippen molar-refractivity contribution in [2.45, 2.75) is 26.9 Å². The first-order chi connectivity index (χ1) is 11.0. The van der Waals surface area contributed by atoms with E-state index in [0.29, 0.717) is 11.6 Å². The molecule has 7 nitrogen and oxygen atoms in total. The molecule has 0 amide bonds. The zero-order valence-corrected chi connectivity index (χ0v) is 12.9.